The number of halogens is 2. The summed E-state index contributed by atoms with van der Waals surface area (Å²) in [4.78, 5) is 25.9. The average molecular weight is 343 g/mol. The van der Waals surface area contributed by atoms with Gasteiger partial charge in [0.2, 0.25) is 11.8 Å². The lowest BCUT2D eigenvalue weighted by atomic mass is 10.1. The first-order chi connectivity index (χ1) is 10.5. The Kier molecular flexibility index (Phi) is 6.09. The van der Waals surface area contributed by atoms with E-state index in [1.807, 2.05) is 0 Å². The van der Waals surface area contributed by atoms with Crippen molar-refractivity contribution in [2.45, 2.75) is 32.6 Å². The van der Waals surface area contributed by atoms with Crippen molar-refractivity contribution in [2.75, 3.05) is 18.0 Å². The number of benzene rings is 1. The van der Waals surface area contributed by atoms with Gasteiger partial charge in [-0.25, -0.2) is 0 Å². The van der Waals surface area contributed by atoms with Crippen LogP contribution in [0.25, 0.3) is 0 Å². The molecule has 1 unspecified atom stereocenters. The van der Waals surface area contributed by atoms with Gasteiger partial charge in [-0.2, -0.15) is 0 Å². The quantitative estimate of drug-likeness (QED) is 0.802. The molecule has 2 rings (SSSR count). The SMILES string of the molecule is CCCCCNC(=O)C1CC(=O)N(c2cc(Cl)ccc2Cl)C1. The van der Waals surface area contributed by atoms with Crippen molar-refractivity contribution in [3.8, 4) is 0 Å². The van der Waals surface area contributed by atoms with Crippen molar-refractivity contribution in [1.82, 2.24) is 5.32 Å². The molecular weight excluding hydrogens is 323 g/mol. The molecule has 4 nitrogen and oxygen atoms in total. The standard InChI is InChI=1S/C16H20Cl2N2O2/c1-2-3-4-7-19-16(22)11-8-15(21)20(10-11)14-9-12(17)5-6-13(14)18/h5-6,9,11H,2-4,7-8,10H2,1H3,(H,19,22). The molecule has 1 aromatic rings. The Labute approximate surface area is 140 Å². The smallest absolute Gasteiger partial charge is 0.227 e. The summed E-state index contributed by atoms with van der Waals surface area (Å²) in [6, 6.07) is 4.99. The van der Waals surface area contributed by atoms with Gasteiger partial charge < -0.3 is 10.2 Å². The lowest BCUT2D eigenvalue weighted by molar-refractivity contribution is -0.126. The van der Waals surface area contributed by atoms with Crippen molar-refractivity contribution in [1.29, 1.82) is 0 Å². The molecule has 1 saturated heterocycles. The van der Waals surface area contributed by atoms with Crippen molar-refractivity contribution < 1.29 is 9.59 Å². The van der Waals surface area contributed by atoms with E-state index in [1.165, 1.54) is 0 Å². The molecule has 1 aliphatic heterocycles. The second-order valence-corrected chi connectivity index (χ2v) is 6.34. The van der Waals surface area contributed by atoms with Crippen molar-refractivity contribution in [3.05, 3.63) is 28.2 Å². The molecule has 0 bridgehead atoms. The van der Waals surface area contributed by atoms with Crippen LogP contribution in [0.15, 0.2) is 18.2 Å². The molecule has 1 N–H and O–H groups in total. The van der Waals surface area contributed by atoms with Crippen LogP contribution in [0.2, 0.25) is 10.0 Å². The highest BCUT2D eigenvalue weighted by molar-refractivity contribution is 6.35. The van der Waals surface area contributed by atoms with E-state index in [2.05, 4.69) is 12.2 Å². The molecule has 1 atom stereocenters. The van der Waals surface area contributed by atoms with E-state index in [1.54, 1.807) is 23.1 Å². The molecule has 1 heterocycles. The van der Waals surface area contributed by atoms with E-state index in [-0.39, 0.29) is 24.2 Å². The van der Waals surface area contributed by atoms with Gasteiger partial charge in [0.15, 0.2) is 0 Å². The number of carbonyl (C=O) groups excluding carboxylic acids is 2. The van der Waals surface area contributed by atoms with Crippen LogP contribution >= 0.6 is 23.2 Å². The number of nitrogens with zero attached hydrogens (tertiary/aromatic N) is 1. The summed E-state index contributed by atoms with van der Waals surface area (Å²) in [5.74, 6) is -0.493. The van der Waals surface area contributed by atoms with E-state index in [0.717, 1.165) is 19.3 Å². The van der Waals surface area contributed by atoms with Crippen molar-refractivity contribution >= 4 is 40.7 Å². The van der Waals surface area contributed by atoms with E-state index in [9.17, 15) is 9.59 Å². The molecule has 0 saturated carbocycles. The topological polar surface area (TPSA) is 49.4 Å². The van der Waals surface area contributed by atoms with Crippen LogP contribution < -0.4 is 10.2 Å². The van der Waals surface area contributed by atoms with Gasteiger partial charge >= 0.3 is 0 Å². The fourth-order valence-corrected chi connectivity index (χ4v) is 2.93. The zero-order valence-corrected chi connectivity index (χ0v) is 14.1. The third-order valence-corrected chi connectivity index (χ3v) is 4.33. The molecule has 0 spiro atoms. The van der Waals surface area contributed by atoms with Crippen molar-refractivity contribution in [3.63, 3.8) is 0 Å². The van der Waals surface area contributed by atoms with E-state index in [0.29, 0.717) is 28.8 Å². The number of hydrogen-bond acceptors (Lipinski definition) is 2. The van der Waals surface area contributed by atoms with Crippen LogP contribution in [0.5, 0.6) is 0 Å². The minimum absolute atomic E-state index is 0.0647. The molecule has 1 fully saturated rings. The maximum absolute atomic E-state index is 12.2. The Morgan fingerprint density at radius 3 is 2.86 bits per heavy atom. The summed E-state index contributed by atoms with van der Waals surface area (Å²) in [6.07, 6.45) is 3.38. The van der Waals surface area contributed by atoms with Gasteiger partial charge in [-0.05, 0) is 24.6 Å². The predicted molar refractivity (Wildman–Crippen MR) is 89.5 cm³/mol. The van der Waals surface area contributed by atoms with Gasteiger partial charge in [-0.15, -0.1) is 0 Å². The zero-order chi connectivity index (χ0) is 16.1. The Hall–Kier alpha value is -1.26. The molecule has 1 aromatic carbocycles. The normalized spacial score (nSPS) is 17.9. The van der Waals surface area contributed by atoms with Crippen LogP contribution in [-0.4, -0.2) is 24.9 Å². The number of anilines is 1. The summed E-state index contributed by atoms with van der Waals surface area (Å²) in [5.41, 5.74) is 0.570. The highest BCUT2D eigenvalue weighted by Crippen LogP contribution is 2.33. The Morgan fingerprint density at radius 2 is 2.14 bits per heavy atom. The molecule has 6 heteroatoms. The third kappa shape index (κ3) is 4.14. The number of rotatable bonds is 6. The van der Waals surface area contributed by atoms with Crippen LogP contribution in [0, 0.1) is 5.92 Å². The van der Waals surface area contributed by atoms with Gasteiger partial charge in [0.25, 0.3) is 0 Å². The Morgan fingerprint density at radius 1 is 1.36 bits per heavy atom. The summed E-state index contributed by atoms with van der Waals surface area (Å²) >= 11 is 12.1. The van der Waals surface area contributed by atoms with E-state index >= 15 is 0 Å². The predicted octanol–water partition coefficient (Wildman–Crippen LogP) is 3.65. The van der Waals surface area contributed by atoms with Crippen LogP contribution in [0.4, 0.5) is 5.69 Å². The monoisotopic (exact) mass is 342 g/mol. The van der Waals surface area contributed by atoms with Crippen molar-refractivity contribution in [2.24, 2.45) is 5.92 Å². The number of hydrogen-bond donors (Lipinski definition) is 1. The molecule has 1 aliphatic rings. The zero-order valence-electron chi connectivity index (χ0n) is 12.6. The number of unbranched alkanes of at least 4 members (excludes halogenated alkanes) is 2. The van der Waals surface area contributed by atoms with Gasteiger partial charge in [0.1, 0.15) is 0 Å². The minimum Gasteiger partial charge on any atom is -0.356 e. The highest BCUT2D eigenvalue weighted by Gasteiger charge is 2.35. The lowest BCUT2D eigenvalue weighted by Crippen LogP contribution is -2.33. The number of amides is 2. The van der Waals surface area contributed by atoms with Crippen LogP contribution in [0.3, 0.4) is 0 Å². The molecule has 0 radical (unpaired) electrons. The first kappa shape index (κ1) is 17.1. The highest BCUT2D eigenvalue weighted by atomic mass is 35.5. The maximum atomic E-state index is 12.2. The number of carbonyl (C=O) groups is 2. The maximum Gasteiger partial charge on any atom is 0.227 e. The first-order valence-corrected chi connectivity index (χ1v) is 8.31. The molecule has 0 aliphatic carbocycles. The number of nitrogens with one attached hydrogen (secondary N) is 1. The summed E-state index contributed by atoms with van der Waals surface area (Å²) in [5, 5.41) is 3.87. The average Bonchev–Trinajstić information content (AvgIpc) is 2.88. The fourth-order valence-electron chi connectivity index (χ4n) is 2.54. The molecule has 2 amide bonds. The third-order valence-electron chi connectivity index (χ3n) is 3.77. The van der Waals surface area contributed by atoms with E-state index < -0.39 is 0 Å². The lowest BCUT2D eigenvalue weighted by Gasteiger charge is -2.18. The van der Waals surface area contributed by atoms with Gasteiger partial charge in [-0.3, -0.25) is 9.59 Å². The minimum atomic E-state index is -0.329. The Balaban J connectivity index is 1.98. The summed E-state index contributed by atoms with van der Waals surface area (Å²) in [7, 11) is 0. The summed E-state index contributed by atoms with van der Waals surface area (Å²) < 4.78 is 0. The molecular formula is C16H20Cl2N2O2. The van der Waals surface area contributed by atoms with Crippen LogP contribution in [-0.2, 0) is 9.59 Å². The first-order valence-electron chi connectivity index (χ1n) is 7.56. The molecule has 120 valence electrons. The fraction of sp³-hybridized carbons (Fsp3) is 0.500. The van der Waals surface area contributed by atoms with Crippen LogP contribution in [0.1, 0.15) is 32.6 Å². The van der Waals surface area contributed by atoms with Gasteiger partial charge in [0.05, 0.1) is 16.6 Å². The molecule has 22 heavy (non-hydrogen) atoms. The second-order valence-electron chi connectivity index (χ2n) is 5.50. The second kappa shape index (κ2) is 7.84. The Bertz CT molecular complexity index is 563. The summed E-state index contributed by atoms with van der Waals surface area (Å²) in [6.45, 7) is 3.12. The largest absolute Gasteiger partial charge is 0.356 e. The van der Waals surface area contributed by atoms with Gasteiger partial charge in [-0.1, -0.05) is 43.0 Å². The molecule has 0 aromatic heterocycles. The van der Waals surface area contributed by atoms with E-state index in [4.69, 9.17) is 23.2 Å². The van der Waals surface area contributed by atoms with Gasteiger partial charge in [0, 0.05) is 24.5 Å².